The Labute approximate surface area is 132 Å². The van der Waals surface area contributed by atoms with Crippen LogP contribution in [0.1, 0.15) is 18.5 Å². The van der Waals surface area contributed by atoms with Gasteiger partial charge in [-0.15, -0.1) is 0 Å². The average Bonchev–Trinajstić information content (AvgIpc) is 2.54. The van der Waals surface area contributed by atoms with E-state index in [0.717, 1.165) is 17.7 Å². The number of amides is 2. The lowest BCUT2D eigenvalue weighted by molar-refractivity contribution is 0.233. The molecule has 0 radical (unpaired) electrons. The Morgan fingerprint density at radius 2 is 2.00 bits per heavy atom. The number of nitrogens with one attached hydrogen (secondary N) is 2. The molecule has 1 atom stereocenters. The van der Waals surface area contributed by atoms with Crippen molar-refractivity contribution in [2.24, 2.45) is 0 Å². The minimum absolute atomic E-state index is 0.0567. The van der Waals surface area contributed by atoms with E-state index in [2.05, 4.69) is 15.6 Å². The zero-order valence-electron chi connectivity index (χ0n) is 12.6. The maximum atomic E-state index is 13.3. The summed E-state index contributed by atoms with van der Waals surface area (Å²) in [5, 5.41) is 5.35. The zero-order valence-corrected chi connectivity index (χ0v) is 12.6. The highest BCUT2D eigenvalue weighted by Crippen LogP contribution is 2.17. The lowest BCUT2D eigenvalue weighted by Crippen LogP contribution is -2.39. The van der Waals surface area contributed by atoms with Crippen LogP contribution in [0.15, 0.2) is 42.7 Å². The van der Waals surface area contributed by atoms with E-state index in [0.29, 0.717) is 0 Å². The van der Waals surface area contributed by atoms with E-state index < -0.39 is 11.6 Å². The molecule has 5 nitrogen and oxygen atoms in total. The van der Waals surface area contributed by atoms with Gasteiger partial charge in [-0.05, 0) is 36.8 Å². The summed E-state index contributed by atoms with van der Waals surface area (Å²) in [6, 6.07) is 6.14. The highest BCUT2D eigenvalue weighted by Gasteiger charge is 2.09. The van der Waals surface area contributed by atoms with Crippen molar-refractivity contribution in [2.75, 3.05) is 13.2 Å². The molecule has 0 aliphatic rings. The highest BCUT2D eigenvalue weighted by molar-refractivity contribution is 5.74. The molecule has 0 spiro atoms. The predicted octanol–water partition coefficient (Wildman–Crippen LogP) is 2.80. The second kappa shape index (κ2) is 8.07. The third kappa shape index (κ3) is 5.21. The van der Waals surface area contributed by atoms with Gasteiger partial charge in [0.15, 0.2) is 11.6 Å². The van der Waals surface area contributed by atoms with Crippen LogP contribution in [0.4, 0.5) is 13.6 Å². The highest BCUT2D eigenvalue weighted by atomic mass is 19.1. The summed E-state index contributed by atoms with van der Waals surface area (Å²) in [5.41, 5.74) is 0.930. The van der Waals surface area contributed by atoms with Gasteiger partial charge in [-0.25, -0.2) is 13.6 Å². The maximum Gasteiger partial charge on any atom is 0.315 e. The van der Waals surface area contributed by atoms with Crippen LogP contribution in [0.25, 0.3) is 0 Å². The molecular formula is C16H17F2N3O2. The monoisotopic (exact) mass is 321 g/mol. The summed E-state index contributed by atoms with van der Waals surface area (Å²) in [4.78, 5) is 15.6. The lowest BCUT2D eigenvalue weighted by Gasteiger charge is -2.15. The van der Waals surface area contributed by atoms with Crippen LogP contribution in [-0.4, -0.2) is 24.2 Å². The second-order valence-electron chi connectivity index (χ2n) is 4.83. The number of hydrogen-bond donors (Lipinski definition) is 2. The van der Waals surface area contributed by atoms with Gasteiger partial charge in [0.1, 0.15) is 12.4 Å². The molecule has 7 heteroatoms. The SMILES string of the molecule is CC(NC(=O)NCCOc1ccc(F)cc1F)c1ccncc1. The fraction of sp³-hybridized carbons (Fsp3) is 0.250. The van der Waals surface area contributed by atoms with Gasteiger partial charge in [-0.3, -0.25) is 4.98 Å². The van der Waals surface area contributed by atoms with Crippen molar-refractivity contribution in [3.63, 3.8) is 0 Å². The molecule has 2 amide bonds. The first-order chi connectivity index (χ1) is 11.1. The van der Waals surface area contributed by atoms with Crippen molar-refractivity contribution in [3.8, 4) is 5.75 Å². The van der Waals surface area contributed by atoms with Gasteiger partial charge in [0.2, 0.25) is 0 Å². The molecule has 2 aromatic rings. The molecule has 1 aromatic heterocycles. The Morgan fingerprint density at radius 3 is 2.70 bits per heavy atom. The molecule has 23 heavy (non-hydrogen) atoms. The smallest absolute Gasteiger partial charge is 0.315 e. The molecule has 2 rings (SSSR count). The van der Waals surface area contributed by atoms with Gasteiger partial charge in [-0.1, -0.05) is 0 Å². The maximum absolute atomic E-state index is 13.3. The lowest BCUT2D eigenvalue weighted by atomic mass is 10.1. The summed E-state index contributed by atoms with van der Waals surface area (Å²) in [5.74, 6) is -1.50. The third-order valence-corrected chi connectivity index (χ3v) is 3.09. The summed E-state index contributed by atoms with van der Waals surface area (Å²) in [6.07, 6.45) is 3.30. The molecule has 1 aromatic carbocycles. The van der Waals surface area contributed by atoms with E-state index in [1.54, 1.807) is 12.4 Å². The van der Waals surface area contributed by atoms with E-state index in [1.807, 2.05) is 19.1 Å². The largest absolute Gasteiger partial charge is 0.489 e. The fourth-order valence-electron chi connectivity index (χ4n) is 1.90. The van der Waals surface area contributed by atoms with E-state index in [9.17, 15) is 13.6 Å². The van der Waals surface area contributed by atoms with E-state index in [4.69, 9.17) is 4.74 Å². The molecule has 0 saturated carbocycles. The number of pyridine rings is 1. The molecule has 0 aliphatic heterocycles. The van der Waals surface area contributed by atoms with Gasteiger partial charge in [0.05, 0.1) is 12.6 Å². The number of carbonyl (C=O) groups is 1. The number of ether oxygens (including phenoxy) is 1. The topological polar surface area (TPSA) is 63.2 Å². The van der Waals surface area contributed by atoms with Crippen molar-refractivity contribution >= 4 is 6.03 Å². The Kier molecular flexibility index (Phi) is 5.85. The number of urea groups is 1. The Morgan fingerprint density at radius 1 is 1.26 bits per heavy atom. The van der Waals surface area contributed by atoms with Gasteiger partial charge in [0, 0.05) is 18.5 Å². The molecule has 1 heterocycles. The first kappa shape index (κ1) is 16.7. The molecule has 0 saturated heterocycles. The summed E-state index contributed by atoms with van der Waals surface area (Å²) < 4.78 is 31.2. The fourth-order valence-corrected chi connectivity index (χ4v) is 1.90. The van der Waals surface area contributed by atoms with Gasteiger partial charge in [0.25, 0.3) is 0 Å². The summed E-state index contributed by atoms with van der Waals surface area (Å²) in [7, 11) is 0. The molecule has 122 valence electrons. The van der Waals surface area contributed by atoms with Crippen molar-refractivity contribution in [1.82, 2.24) is 15.6 Å². The number of halogens is 2. The quantitative estimate of drug-likeness (QED) is 0.804. The van der Waals surface area contributed by atoms with Crippen LogP contribution < -0.4 is 15.4 Å². The van der Waals surface area contributed by atoms with Gasteiger partial charge >= 0.3 is 6.03 Å². The minimum Gasteiger partial charge on any atom is -0.489 e. The van der Waals surface area contributed by atoms with E-state index in [-0.39, 0.29) is 31.0 Å². The molecule has 0 aliphatic carbocycles. The van der Waals surface area contributed by atoms with E-state index >= 15 is 0 Å². The van der Waals surface area contributed by atoms with Crippen LogP contribution in [0.2, 0.25) is 0 Å². The van der Waals surface area contributed by atoms with Crippen LogP contribution in [0.3, 0.4) is 0 Å². The number of benzene rings is 1. The van der Waals surface area contributed by atoms with Crippen LogP contribution in [0.5, 0.6) is 5.75 Å². The second-order valence-corrected chi connectivity index (χ2v) is 4.83. The number of hydrogen-bond acceptors (Lipinski definition) is 3. The molecule has 2 N–H and O–H groups in total. The number of carbonyl (C=O) groups excluding carboxylic acids is 1. The normalized spacial score (nSPS) is 11.6. The first-order valence-electron chi connectivity index (χ1n) is 7.08. The Hall–Kier alpha value is -2.70. The van der Waals surface area contributed by atoms with E-state index in [1.165, 1.54) is 6.07 Å². The van der Waals surface area contributed by atoms with Gasteiger partial charge in [-0.2, -0.15) is 0 Å². The van der Waals surface area contributed by atoms with Gasteiger partial charge < -0.3 is 15.4 Å². The molecule has 0 fully saturated rings. The average molecular weight is 321 g/mol. The van der Waals surface area contributed by atoms with Crippen LogP contribution in [0, 0.1) is 11.6 Å². The predicted molar refractivity (Wildman–Crippen MR) is 81.0 cm³/mol. The van der Waals surface area contributed by atoms with Crippen molar-refractivity contribution < 1.29 is 18.3 Å². The standard InChI is InChI=1S/C16H17F2N3O2/c1-11(12-4-6-19-7-5-12)21-16(22)20-8-9-23-15-3-2-13(17)10-14(15)18/h2-7,10-11H,8-9H2,1H3,(H2,20,21,22). The Bertz CT molecular complexity index is 653. The van der Waals surface area contributed by atoms with Crippen LogP contribution in [-0.2, 0) is 0 Å². The van der Waals surface area contributed by atoms with Crippen molar-refractivity contribution in [3.05, 3.63) is 59.9 Å². The molecular weight excluding hydrogens is 304 g/mol. The third-order valence-electron chi connectivity index (χ3n) is 3.09. The zero-order chi connectivity index (χ0) is 16.7. The molecule has 1 unspecified atom stereocenters. The first-order valence-corrected chi connectivity index (χ1v) is 7.08. The van der Waals surface area contributed by atoms with Crippen molar-refractivity contribution in [2.45, 2.75) is 13.0 Å². The number of rotatable bonds is 6. The van der Waals surface area contributed by atoms with Crippen LogP contribution >= 0.6 is 0 Å². The summed E-state index contributed by atoms with van der Waals surface area (Å²) in [6.45, 7) is 2.10. The Balaban J connectivity index is 1.70. The number of nitrogens with zero attached hydrogens (tertiary/aromatic N) is 1. The minimum atomic E-state index is -0.777. The molecule has 0 bridgehead atoms. The number of aromatic nitrogens is 1. The van der Waals surface area contributed by atoms with Crippen molar-refractivity contribution in [1.29, 1.82) is 0 Å². The summed E-state index contributed by atoms with van der Waals surface area (Å²) >= 11 is 0.